The van der Waals surface area contributed by atoms with Crippen LogP contribution in [-0.2, 0) is 11.3 Å². The molecule has 1 aliphatic rings. The van der Waals surface area contributed by atoms with Crippen LogP contribution in [0.1, 0.15) is 17.3 Å². The Morgan fingerprint density at radius 3 is 2.64 bits per heavy atom. The number of nitrogens with one attached hydrogen (secondary N) is 1. The maximum Gasteiger partial charge on any atom is 0.228 e. The van der Waals surface area contributed by atoms with E-state index in [4.69, 9.17) is 4.74 Å². The summed E-state index contributed by atoms with van der Waals surface area (Å²) in [5.41, 5.74) is 2.96. The first-order valence-electron chi connectivity index (χ1n) is 10.9. The molecule has 3 heterocycles. The van der Waals surface area contributed by atoms with Gasteiger partial charge in [0.1, 0.15) is 5.82 Å². The Balaban J connectivity index is 1.43. The van der Waals surface area contributed by atoms with E-state index in [-0.39, 0.29) is 17.4 Å². The number of Topliss-reactive ketones (excluding diaryl/α,β-unsaturated/α-hetero) is 1. The van der Waals surface area contributed by atoms with Crippen molar-refractivity contribution < 1.29 is 13.9 Å². The molecule has 4 aromatic rings. The third kappa shape index (κ3) is 4.26. The molecule has 33 heavy (non-hydrogen) atoms. The van der Waals surface area contributed by atoms with Crippen LogP contribution in [0.5, 0.6) is 0 Å². The van der Waals surface area contributed by atoms with Gasteiger partial charge < -0.3 is 14.6 Å². The van der Waals surface area contributed by atoms with Crippen LogP contribution in [0.15, 0.2) is 53.7 Å². The summed E-state index contributed by atoms with van der Waals surface area (Å²) in [6.45, 7) is 5.65. The Bertz CT molecular complexity index is 1280. The summed E-state index contributed by atoms with van der Waals surface area (Å²) in [7, 11) is 0. The Kier molecular flexibility index (Phi) is 6.15. The molecule has 9 heteroatoms. The molecule has 0 unspecified atom stereocenters. The lowest BCUT2D eigenvalue weighted by molar-refractivity contribution is 0.102. The summed E-state index contributed by atoms with van der Waals surface area (Å²) in [6, 6.07) is 13.9. The summed E-state index contributed by atoms with van der Waals surface area (Å²) in [5, 5.41) is 10.3. The van der Waals surface area contributed by atoms with E-state index in [0.717, 1.165) is 40.7 Å². The van der Waals surface area contributed by atoms with Crippen molar-refractivity contribution in [2.75, 3.05) is 37.0 Å². The quantitative estimate of drug-likeness (QED) is 0.322. The Hall–Kier alpha value is -3.17. The molecule has 1 aliphatic heterocycles. The number of H-pyrrole nitrogens is 1. The van der Waals surface area contributed by atoms with E-state index in [1.54, 1.807) is 12.1 Å². The van der Waals surface area contributed by atoms with Gasteiger partial charge >= 0.3 is 0 Å². The van der Waals surface area contributed by atoms with Crippen molar-refractivity contribution in [2.24, 2.45) is 0 Å². The van der Waals surface area contributed by atoms with Gasteiger partial charge in [0, 0.05) is 30.5 Å². The summed E-state index contributed by atoms with van der Waals surface area (Å²) < 4.78 is 21.0. The van der Waals surface area contributed by atoms with Gasteiger partial charge in [0.25, 0.3) is 0 Å². The molecular formula is C24H24FN5O2S. The second kappa shape index (κ2) is 9.36. The SMILES string of the molecule is CCn1c(SCC(=O)c2c(-c3ccc(F)cc3)[nH]c3ccccc23)nnc1N1CCOCC1. The number of benzene rings is 2. The van der Waals surface area contributed by atoms with Gasteiger partial charge in [0.15, 0.2) is 10.9 Å². The molecule has 0 radical (unpaired) electrons. The number of aromatic amines is 1. The number of morpholine rings is 1. The van der Waals surface area contributed by atoms with Gasteiger partial charge in [0.2, 0.25) is 5.95 Å². The highest BCUT2D eigenvalue weighted by Gasteiger charge is 2.23. The second-order valence-corrected chi connectivity index (χ2v) is 8.71. The molecule has 2 aromatic heterocycles. The fraction of sp³-hybridized carbons (Fsp3) is 0.292. The Morgan fingerprint density at radius 2 is 1.88 bits per heavy atom. The van der Waals surface area contributed by atoms with Crippen LogP contribution in [0.4, 0.5) is 10.3 Å². The van der Waals surface area contributed by atoms with Crippen LogP contribution in [0, 0.1) is 5.82 Å². The number of carbonyl (C=O) groups excluding carboxylic acids is 1. The lowest BCUT2D eigenvalue weighted by Gasteiger charge is -2.27. The fourth-order valence-corrected chi connectivity index (χ4v) is 5.00. The van der Waals surface area contributed by atoms with Crippen molar-refractivity contribution in [3.8, 4) is 11.3 Å². The molecule has 0 aliphatic carbocycles. The lowest BCUT2D eigenvalue weighted by atomic mass is 10.0. The Morgan fingerprint density at radius 1 is 1.12 bits per heavy atom. The maximum absolute atomic E-state index is 13.5. The summed E-state index contributed by atoms with van der Waals surface area (Å²) in [5.74, 6) is 0.704. The average molecular weight is 466 g/mol. The largest absolute Gasteiger partial charge is 0.378 e. The van der Waals surface area contributed by atoms with Crippen LogP contribution >= 0.6 is 11.8 Å². The molecule has 0 atom stereocenters. The van der Waals surface area contributed by atoms with E-state index in [0.29, 0.717) is 31.0 Å². The highest BCUT2D eigenvalue weighted by atomic mass is 32.2. The summed E-state index contributed by atoms with van der Waals surface area (Å²) in [6.07, 6.45) is 0. The number of hydrogen-bond donors (Lipinski definition) is 1. The van der Waals surface area contributed by atoms with Gasteiger partial charge in [-0.15, -0.1) is 10.2 Å². The molecule has 170 valence electrons. The minimum absolute atomic E-state index is 0.0182. The van der Waals surface area contributed by atoms with E-state index in [2.05, 4.69) is 20.1 Å². The van der Waals surface area contributed by atoms with Gasteiger partial charge in [-0.2, -0.15) is 0 Å². The number of hydrogen-bond acceptors (Lipinski definition) is 6. The van der Waals surface area contributed by atoms with Crippen LogP contribution in [0.3, 0.4) is 0 Å². The minimum atomic E-state index is -0.312. The first-order valence-corrected chi connectivity index (χ1v) is 11.9. The number of para-hydroxylation sites is 1. The van der Waals surface area contributed by atoms with Crippen molar-refractivity contribution in [1.82, 2.24) is 19.7 Å². The molecule has 7 nitrogen and oxygen atoms in total. The van der Waals surface area contributed by atoms with Crippen LogP contribution in [-0.4, -0.2) is 57.6 Å². The molecule has 1 saturated heterocycles. The highest BCUT2D eigenvalue weighted by molar-refractivity contribution is 7.99. The first-order chi connectivity index (χ1) is 16.2. The average Bonchev–Trinajstić information content (AvgIpc) is 3.45. The highest BCUT2D eigenvalue weighted by Crippen LogP contribution is 2.32. The maximum atomic E-state index is 13.5. The molecule has 0 bridgehead atoms. The van der Waals surface area contributed by atoms with Crippen molar-refractivity contribution >= 4 is 34.4 Å². The predicted molar refractivity (Wildman–Crippen MR) is 127 cm³/mol. The molecule has 0 spiro atoms. The minimum Gasteiger partial charge on any atom is -0.378 e. The van der Waals surface area contributed by atoms with Crippen molar-refractivity contribution in [1.29, 1.82) is 0 Å². The van der Waals surface area contributed by atoms with Crippen LogP contribution in [0.2, 0.25) is 0 Å². The number of nitrogens with zero attached hydrogens (tertiary/aromatic N) is 4. The molecule has 0 saturated carbocycles. The zero-order chi connectivity index (χ0) is 22.8. The van der Waals surface area contributed by atoms with E-state index < -0.39 is 0 Å². The molecule has 5 rings (SSSR count). The molecule has 0 amide bonds. The second-order valence-electron chi connectivity index (χ2n) is 7.77. The predicted octanol–water partition coefficient (Wildman–Crippen LogP) is 4.40. The Labute approximate surface area is 195 Å². The van der Waals surface area contributed by atoms with Crippen molar-refractivity contribution in [2.45, 2.75) is 18.6 Å². The third-order valence-corrected chi connectivity index (χ3v) is 6.72. The number of thioether (sulfide) groups is 1. The van der Waals surface area contributed by atoms with Crippen molar-refractivity contribution in [3.05, 3.63) is 59.9 Å². The number of fused-ring (bicyclic) bond motifs is 1. The zero-order valence-corrected chi connectivity index (χ0v) is 19.1. The number of ether oxygens (including phenoxy) is 1. The topological polar surface area (TPSA) is 76.0 Å². The van der Waals surface area contributed by atoms with Crippen molar-refractivity contribution in [3.63, 3.8) is 0 Å². The number of rotatable bonds is 7. The van der Waals surface area contributed by atoms with Crippen LogP contribution < -0.4 is 4.90 Å². The normalized spacial score (nSPS) is 14.2. The standard InChI is InChI=1S/C24H24FN5O2S/c1-2-30-23(29-11-13-32-14-12-29)27-28-24(30)33-15-20(31)21-18-5-3-4-6-19(18)26-22(21)16-7-9-17(25)10-8-16/h3-10,26H,2,11-15H2,1H3. The fourth-order valence-electron chi connectivity index (χ4n) is 4.13. The van der Waals surface area contributed by atoms with E-state index >= 15 is 0 Å². The number of ketones is 1. The van der Waals surface area contributed by atoms with Gasteiger partial charge in [-0.1, -0.05) is 30.0 Å². The molecular weight excluding hydrogens is 441 g/mol. The monoisotopic (exact) mass is 465 g/mol. The first kappa shape index (κ1) is 21.7. The van der Waals surface area contributed by atoms with Gasteiger partial charge in [-0.3, -0.25) is 9.36 Å². The van der Waals surface area contributed by atoms with Gasteiger partial charge in [-0.25, -0.2) is 4.39 Å². The summed E-state index contributed by atoms with van der Waals surface area (Å²) >= 11 is 1.39. The van der Waals surface area contributed by atoms with E-state index in [9.17, 15) is 9.18 Å². The molecule has 2 aromatic carbocycles. The summed E-state index contributed by atoms with van der Waals surface area (Å²) in [4.78, 5) is 19.0. The van der Waals surface area contributed by atoms with Crippen LogP contribution in [0.25, 0.3) is 22.2 Å². The molecule has 1 N–H and O–H groups in total. The smallest absolute Gasteiger partial charge is 0.228 e. The van der Waals surface area contributed by atoms with E-state index in [1.165, 1.54) is 23.9 Å². The van der Waals surface area contributed by atoms with E-state index in [1.807, 2.05) is 35.8 Å². The van der Waals surface area contributed by atoms with Gasteiger partial charge in [-0.05, 0) is 42.8 Å². The van der Waals surface area contributed by atoms with Gasteiger partial charge in [0.05, 0.1) is 30.2 Å². The number of carbonyl (C=O) groups is 1. The zero-order valence-electron chi connectivity index (χ0n) is 18.3. The lowest BCUT2D eigenvalue weighted by Crippen LogP contribution is -2.38. The number of anilines is 1. The number of aromatic nitrogens is 4. The molecule has 1 fully saturated rings. The third-order valence-electron chi connectivity index (χ3n) is 5.76. The number of halogens is 1.